The number of rotatable bonds is 8. The molecule has 0 aromatic heterocycles. The number of amides is 1. The fourth-order valence-electron chi connectivity index (χ4n) is 3.49. The molecular weight excluding hydrogens is 284 g/mol. The van der Waals surface area contributed by atoms with E-state index in [1.165, 1.54) is 31.2 Å². The molecule has 23 heavy (non-hydrogen) atoms. The molecule has 128 valence electrons. The summed E-state index contributed by atoms with van der Waals surface area (Å²) in [5, 5.41) is 3.68. The third kappa shape index (κ3) is 5.98. The van der Waals surface area contributed by atoms with Crippen molar-refractivity contribution in [1.82, 2.24) is 10.2 Å². The predicted molar refractivity (Wildman–Crippen MR) is 96.2 cm³/mol. The van der Waals surface area contributed by atoms with E-state index in [0.29, 0.717) is 24.3 Å². The standard InChI is InChI=1S/C20H32N2O/c1-3-5-10-18-13-19(16-22(15-18)20(23)9-4-2)21-14-17-11-7-6-8-12-17/h6-8,11-12,18-19,21H,3-5,9-10,13-16H2,1-2H3. The SMILES string of the molecule is CCCCC1CC(NCc2ccccc2)CN(C(=O)CCC)C1. The number of likely N-dealkylation sites (tertiary alicyclic amines) is 1. The second-order valence-corrected chi connectivity index (χ2v) is 6.86. The maximum Gasteiger partial charge on any atom is 0.222 e. The zero-order chi connectivity index (χ0) is 16.5. The fourth-order valence-corrected chi connectivity index (χ4v) is 3.49. The van der Waals surface area contributed by atoms with Crippen LogP contribution >= 0.6 is 0 Å². The summed E-state index contributed by atoms with van der Waals surface area (Å²) in [4.78, 5) is 14.4. The van der Waals surface area contributed by atoms with Crippen molar-refractivity contribution >= 4 is 5.91 Å². The molecule has 0 saturated carbocycles. The molecule has 1 fully saturated rings. The second kappa shape index (κ2) is 9.71. The molecule has 0 bridgehead atoms. The first-order chi connectivity index (χ1) is 11.2. The molecule has 2 rings (SSSR count). The van der Waals surface area contributed by atoms with Gasteiger partial charge in [-0.05, 0) is 30.7 Å². The highest BCUT2D eigenvalue weighted by molar-refractivity contribution is 5.76. The first-order valence-electron chi connectivity index (χ1n) is 9.28. The first kappa shape index (κ1) is 18.0. The Hall–Kier alpha value is -1.35. The van der Waals surface area contributed by atoms with E-state index in [0.717, 1.165) is 26.1 Å². The van der Waals surface area contributed by atoms with Gasteiger partial charge in [0.05, 0.1) is 0 Å². The summed E-state index contributed by atoms with van der Waals surface area (Å²) in [6, 6.07) is 11.0. The average molecular weight is 316 g/mol. The molecule has 1 aliphatic heterocycles. The van der Waals surface area contributed by atoms with Gasteiger partial charge in [-0.1, -0.05) is 57.0 Å². The van der Waals surface area contributed by atoms with Crippen LogP contribution < -0.4 is 5.32 Å². The number of nitrogens with zero attached hydrogens (tertiary/aromatic N) is 1. The minimum absolute atomic E-state index is 0.334. The van der Waals surface area contributed by atoms with Gasteiger partial charge in [-0.3, -0.25) is 4.79 Å². The Labute approximate surface area is 141 Å². The van der Waals surface area contributed by atoms with Crippen LogP contribution in [0.2, 0.25) is 0 Å². The number of nitrogens with one attached hydrogen (secondary N) is 1. The van der Waals surface area contributed by atoms with Gasteiger partial charge in [0.15, 0.2) is 0 Å². The van der Waals surface area contributed by atoms with E-state index in [1.54, 1.807) is 0 Å². The topological polar surface area (TPSA) is 32.3 Å². The summed E-state index contributed by atoms with van der Waals surface area (Å²) in [7, 11) is 0. The third-order valence-electron chi connectivity index (χ3n) is 4.76. The number of benzene rings is 1. The largest absolute Gasteiger partial charge is 0.341 e. The Bertz CT molecular complexity index is 460. The number of hydrogen-bond acceptors (Lipinski definition) is 2. The van der Waals surface area contributed by atoms with Gasteiger partial charge < -0.3 is 10.2 Å². The van der Waals surface area contributed by atoms with Gasteiger partial charge >= 0.3 is 0 Å². The molecule has 1 aromatic rings. The van der Waals surface area contributed by atoms with Crippen LogP contribution in [0.15, 0.2) is 30.3 Å². The maximum absolute atomic E-state index is 12.3. The average Bonchev–Trinajstić information content (AvgIpc) is 2.59. The van der Waals surface area contributed by atoms with Crippen molar-refractivity contribution in [2.75, 3.05) is 13.1 Å². The maximum atomic E-state index is 12.3. The zero-order valence-corrected chi connectivity index (χ0v) is 14.8. The third-order valence-corrected chi connectivity index (χ3v) is 4.76. The van der Waals surface area contributed by atoms with Gasteiger partial charge in [-0.25, -0.2) is 0 Å². The molecule has 0 aliphatic carbocycles. The normalized spacial score (nSPS) is 21.4. The van der Waals surface area contributed by atoms with Crippen molar-refractivity contribution in [3.05, 3.63) is 35.9 Å². The van der Waals surface area contributed by atoms with Crippen LogP contribution in [0.1, 0.15) is 57.9 Å². The fraction of sp³-hybridized carbons (Fsp3) is 0.650. The molecule has 2 unspecified atom stereocenters. The minimum Gasteiger partial charge on any atom is -0.341 e. The predicted octanol–water partition coefficient (Wildman–Crippen LogP) is 3.98. The van der Waals surface area contributed by atoms with E-state index < -0.39 is 0 Å². The van der Waals surface area contributed by atoms with E-state index >= 15 is 0 Å². The molecule has 2 atom stereocenters. The zero-order valence-electron chi connectivity index (χ0n) is 14.8. The summed E-state index contributed by atoms with van der Waals surface area (Å²) >= 11 is 0. The number of carbonyl (C=O) groups is 1. The second-order valence-electron chi connectivity index (χ2n) is 6.86. The van der Waals surface area contributed by atoms with Gasteiger partial charge in [-0.15, -0.1) is 0 Å². The quantitative estimate of drug-likeness (QED) is 0.786. The number of hydrogen-bond donors (Lipinski definition) is 1. The van der Waals surface area contributed by atoms with Gasteiger partial charge in [0, 0.05) is 32.1 Å². The lowest BCUT2D eigenvalue weighted by atomic mass is 9.89. The van der Waals surface area contributed by atoms with Gasteiger partial charge in [0.1, 0.15) is 0 Å². The van der Waals surface area contributed by atoms with Crippen molar-refractivity contribution in [2.45, 2.75) is 65.0 Å². The van der Waals surface area contributed by atoms with Crippen LogP contribution in [0.5, 0.6) is 0 Å². The van der Waals surface area contributed by atoms with Crippen molar-refractivity contribution in [1.29, 1.82) is 0 Å². The Morgan fingerprint density at radius 3 is 2.65 bits per heavy atom. The van der Waals surface area contributed by atoms with Crippen LogP contribution in [-0.2, 0) is 11.3 Å². The Kier molecular flexibility index (Phi) is 7.60. The molecule has 0 spiro atoms. The van der Waals surface area contributed by atoms with Crippen LogP contribution in [-0.4, -0.2) is 29.9 Å². The summed E-state index contributed by atoms with van der Waals surface area (Å²) in [6.07, 6.45) is 6.58. The highest BCUT2D eigenvalue weighted by Crippen LogP contribution is 2.23. The van der Waals surface area contributed by atoms with Crippen LogP contribution in [0.3, 0.4) is 0 Å². The summed E-state index contributed by atoms with van der Waals surface area (Å²) in [5.41, 5.74) is 1.31. The van der Waals surface area contributed by atoms with E-state index in [1.807, 2.05) is 0 Å². The van der Waals surface area contributed by atoms with Gasteiger partial charge in [-0.2, -0.15) is 0 Å². The first-order valence-corrected chi connectivity index (χ1v) is 9.28. The minimum atomic E-state index is 0.334. The van der Waals surface area contributed by atoms with E-state index in [4.69, 9.17) is 0 Å². The molecular formula is C20H32N2O. The molecule has 3 heteroatoms. The molecule has 1 aromatic carbocycles. The van der Waals surface area contributed by atoms with E-state index in [2.05, 4.69) is 54.4 Å². The van der Waals surface area contributed by atoms with Crippen molar-refractivity contribution in [2.24, 2.45) is 5.92 Å². The highest BCUT2D eigenvalue weighted by atomic mass is 16.2. The van der Waals surface area contributed by atoms with Crippen molar-refractivity contribution in [3.8, 4) is 0 Å². The lowest BCUT2D eigenvalue weighted by Crippen LogP contribution is -2.51. The van der Waals surface area contributed by atoms with Crippen molar-refractivity contribution in [3.63, 3.8) is 0 Å². The molecule has 1 N–H and O–H groups in total. The monoisotopic (exact) mass is 316 g/mol. The lowest BCUT2D eigenvalue weighted by molar-refractivity contribution is -0.133. The smallest absolute Gasteiger partial charge is 0.222 e. The Morgan fingerprint density at radius 1 is 1.17 bits per heavy atom. The molecule has 1 aliphatic rings. The Morgan fingerprint density at radius 2 is 1.96 bits per heavy atom. The van der Waals surface area contributed by atoms with Gasteiger partial charge in [0.25, 0.3) is 0 Å². The van der Waals surface area contributed by atoms with Gasteiger partial charge in [0.2, 0.25) is 5.91 Å². The lowest BCUT2D eigenvalue weighted by Gasteiger charge is -2.38. The van der Waals surface area contributed by atoms with Crippen LogP contribution in [0.4, 0.5) is 0 Å². The highest BCUT2D eigenvalue weighted by Gasteiger charge is 2.28. The van der Waals surface area contributed by atoms with E-state index in [9.17, 15) is 4.79 Å². The number of unbranched alkanes of at least 4 members (excludes halogenated alkanes) is 1. The number of piperidine rings is 1. The van der Waals surface area contributed by atoms with Crippen molar-refractivity contribution < 1.29 is 4.79 Å². The summed E-state index contributed by atoms with van der Waals surface area (Å²) in [5.74, 6) is 0.984. The van der Waals surface area contributed by atoms with Crippen LogP contribution in [0, 0.1) is 5.92 Å². The number of carbonyl (C=O) groups excluding carboxylic acids is 1. The molecule has 0 radical (unpaired) electrons. The molecule has 1 amide bonds. The molecule has 1 saturated heterocycles. The Balaban J connectivity index is 1.92. The molecule has 3 nitrogen and oxygen atoms in total. The molecule has 1 heterocycles. The summed E-state index contributed by atoms with van der Waals surface area (Å²) < 4.78 is 0. The summed E-state index contributed by atoms with van der Waals surface area (Å²) in [6.45, 7) is 7.05. The van der Waals surface area contributed by atoms with E-state index in [-0.39, 0.29) is 0 Å². The van der Waals surface area contributed by atoms with Crippen LogP contribution in [0.25, 0.3) is 0 Å².